The third-order valence-electron chi connectivity index (χ3n) is 2.39. The van der Waals surface area contributed by atoms with Gasteiger partial charge in [0, 0.05) is 24.2 Å². The van der Waals surface area contributed by atoms with Crippen LogP contribution in [-0.2, 0) is 0 Å². The molecule has 0 saturated carbocycles. The van der Waals surface area contributed by atoms with Crippen molar-refractivity contribution < 1.29 is 19.7 Å². The van der Waals surface area contributed by atoms with Gasteiger partial charge in [-0.3, -0.25) is 0 Å². The molecule has 2 N–H and O–H groups in total. The number of hydrogen-bond acceptors (Lipinski definition) is 4. The number of aromatic hydroxyl groups is 1. The highest BCUT2D eigenvalue weighted by Crippen LogP contribution is 2.45. The van der Waals surface area contributed by atoms with Gasteiger partial charge in [0.25, 0.3) is 0 Å². The molecule has 90 valence electrons. The van der Waals surface area contributed by atoms with Crippen LogP contribution < -0.4 is 9.47 Å². The highest BCUT2D eigenvalue weighted by atomic mass is 35.5. The molecular formula is C11H15ClO4. The Morgan fingerprint density at radius 2 is 2.00 bits per heavy atom. The molecule has 0 aromatic heterocycles. The first-order chi connectivity index (χ1) is 7.56. The van der Waals surface area contributed by atoms with Gasteiger partial charge in [-0.25, -0.2) is 0 Å². The molecule has 1 unspecified atom stereocenters. The van der Waals surface area contributed by atoms with Gasteiger partial charge in [0.15, 0.2) is 11.5 Å². The number of methoxy groups -OCH3 is 2. The van der Waals surface area contributed by atoms with Gasteiger partial charge in [0.05, 0.1) is 19.2 Å². The van der Waals surface area contributed by atoms with Gasteiger partial charge in [0.1, 0.15) is 5.75 Å². The van der Waals surface area contributed by atoms with Gasteiger partial charge in [-0.2, -0.15) is 0 Å². The Morgan fingerprint density at radius 3 is 2.44 bits per heavy atom. The largest absolute Gasteiger partial charge is 0.507 e. The van der Waals surface area contributed by atoms with E-state index in [0.717, 1.165) is 0 Å². The second-order valence-corrected chi connectivity index (χ2v) is 3.82. The maximum absolute atomic E-state index is 9.79. The minimum absolute atomic E-state index is 0.01000. The number of aliphatic hydroxyl groups is 1. The lowest BCUT2D eigenvalue weighted by Crippen LogP contribution is -2.02. The van der Waals surface area contributed by atoms with E-state index < -0.39 is 0 Å². The Hall–Kier alpha value is -1.13. The summed E-state index contributed by atoms with van der Waals surface area (Å²) in [6.07, 6.45) is 0. The molecule has 4 nitrogen and oxygen atoms in total. The monoisotopic (exact) mass is 246 g/mol. The summed E-state index contributed by atoms with van der Waals surface area (Å²) in [6, 6.07) is 1.42. The third-order valence-corrected chi connectivity index (χ3v) is 2.77. The van der Waals surface area contributed by atoms with E-state index in [1.165, 1.54) is 20.3 Å². The van der Waals surface area contributed by atoms with Crippen molar-refractivity contribution in [2.75, 3.05) is 20.8 Å². The second-order valence-electron chi connectivity index (χ2n) is 3.44. The SMILES string of the molecule is COc1cc(O)c(C(C)CO)c(Cl)c1OC. The smallest absolute Gasteiger partial charge is 0.179 e. The number of phenols is 1. The molecule has 5 heteroatoms. The van der Waals surface area contributed by atoms with Gasteiger partial charge in [-0.05, 0) is 0 Å². The minimum Gasteiger partial charge on any atom is -0.507 e. The molecule has 0 aliphatic carbocycles. The van der Waals surface area contributed by atoms with Crippen LogP contribution in [0, 0.1) is 0 Å². The quantitative estimate of drug-likeness (QED) is 0.855. The number of benzene rings is 1. The van der Waals surface area contributed by atoms with E-state index in [2.05, 4.69) is 0 Å². The number of aliphatic hydroxyl groups excluding tert-OH is 1. The van der Waals surface area contributed by atoms with E-state index in [-0.39, 0.29) is 23.3 Å². The fourth-order valence-electron chi connectivity index (χ4n) is 1.51. The molecule has 16 heavy (non-hydrogen) atoms. The van der Waals surface area contributed by atoms with E-state index in [1.54, 1.807) is 6.92 Å². The summed E-state index contributed by atoms with van der Waals surface area (Å²) >= 11 is 6.10. The number of ether oxygens (including phenoxy) is 2. The first kappa shape index (κ1) is 12.9. The Morgan fingerprint density at radius 1 is 1.38 bits per heavy atom. The van der Waals surface area contributed by atoms with Crippen LogP contribution in [-0.4, -0.2) is 31.0 Å². The number of halogens is 1. The maximum atomic E-state index is 9.79. The Balaban J connectivity index is 3.40. The van der Waals surface area contributed by atoms with Crippen molar-refractivity contribution in [3.05, 3.63) is 16.7 Å². The topological polar surface area (TPSA) is 58.9 Å². The molecule has 0 amide bonds. The molecule has 0 spiro atoms. The van der Waals surface area contributed by atoms with Crippen molar-refractivity contribution in [2.45, 2.75) is 12.8 Å². The van der Waals surface area contributed by atoms with E-state index in [9.17, 15) is 5.11 Å². The summed E-state index contributed by atoms with van der Waals surface area (Å²) in [6.45, 7) is 1.65. The van der Waals surface area contributed by atoms with Crippen LogP contribution >= 0.6 is 11.6 Å². The Kier molecular flexibility index (Phi) is 4.26. The number of phenolic OH excluding ortho intramolecular Hbond substituents is 1. The second kappa shape index (κ2) is 5.27. The molecular weight excluding hydrogens is 232 g/mol. The molecule has 1 aromatic carbocycles. The average molecular weight is 247 g/mol. The lowest BCUT2D eigenvalue weighted by atomic mass is 10.00. The molecule has 1 atom stereocenters. The zero-order valence-corrected chi connectivity index (χ0v) is 10.2. The number of hydrogen-bond donors (Lipinski definition) is 2. The van der Waals surface area contributed by atoms with Gasteiger partial charge in [-0.15, -0.1) is 0 Å². The van der Waals surface area contributed by atoms with Crippen molar-refractivity contribution in [1.29, 1.82) is 0 Å². The number of rotatable bonds is 4. The van der Waals surface area contributed by atoms with Crippen molar-refractivity contribution in [3.63, 3.8) is 0 Å². The predicted molar refractivity (Wildman–Crippen MR) is 61.7 cm³/mol. The molecule has 0 heterocycles. The standard InChI is InChI=1S/C11H15ClO4/c1-6(5-13)9-7(14)4-8(15-2)11(16-3)10(9)12/h4,6,13-14H,5H2,1-3H3. The van der Waals surface area contributed by atoms with Crippen molar-refractivity contribution in [1.82, 2.24) is 0 Å². The third kappa shape index (κ3) is 2.18. The zero-order chi connectivity index (χ0) is 12.3. The van der Waals surface area contributed by atoms with Crippen LogP contribution in [0.5, 0.6) is 17.2 Å². The van der Waals surface area contributed by atoms with Crippen molar-refractivity contribution >= 4 is 11.6 Å². The highest BCUT2D eigenvalue weighted by Gasteiger charge is 2.21. The van der Waals surface area contributed by atoms with Crippen LogP contribution in [0.4, 0.5) is 0 Å². The molecule has 0 saturated heterocycles. The van der Waals surface area contributed by atoms with Crippen molar-refractivity contribution in [2.24, 2.45) is 0 Å². The van der Waals surface area contributed by atoms with E-state index in [4.69, 9.17) is 26.2 Å². The lowest BCUT2D eigenvalue weighted by molar-refractivity contribution is 0.269. The Labute approximate surface area is 99.4 Å². The zero-order valence-electron chi connectivity index (χ0n) is 9.45. The molecule has 0 radical (unpaired) electrons. The molecule has 1 aromatic rings. The van der Waals surface area contributed by atoms with Crippen LogP contribution in [0.25, 0.3) is 0 Å². The summed E-state index contributed by atoms with van der Waals surface area (Å²) < 4.78 is 10.1. The summed E-state index contributed by atoms with van der Waals surface area (Å²) in [4.78, 5) is 0. The summed E-state index contributed by atoms with van der Waals surface area (Å²) in [5.74, 6) is 0.438. The van der Waals surface area contributed by atoms with Crippen LogP contribution in [0.15, 0.2) is 6.07 Å². The van der Waals surface area contributed by atoms with Gasteiger partial charge < -0.3 is 19.7 Å². The average Bonchev–Trinajstić information content (AvgIpc) is 2.27. The van der Waals surface area contributed by atoms with Crippen LogP contribution in [0.1, 0.15) is 18.4 Å². The normalized spacial score (nSPS) is 12.3. The lowest BCUT2D eigenvalue weighted by Gasteiger charge is -2.17. The highest BCUT2D eigenvalue weighted by molar-refractivity contribution is 6.33. The molecule has 0 aliphatic heterocycles. The van der Waals surface area contributed by atoms with E-state index >= 15 is 0 Å². The van der Waals surface area contributed by atoms with Gasteiger partial charge in [-0.1, -0.05) is 18.5 Å². The molecule has 1 rings (SSSR count). The van der Waals surface area contributed by atoms with Crippen molar-refractivity contribution in [3.8, 4) is 17.2 Å². The first-order valence-electron chi connectivity index (χ1n) is 4.81. The Bertz CT molecular complexity index is 379. The summed E-state index contributed by atoms with van der Waals surface area (Å²) in [5.41, 5.74) is 0.460. The minimum atomic E-state index is -0.271. The first-order valence-corrected chi connectivity index (χ1v) is 5.18. The van der Waals surface area contributed by atoms with Gasteiger partial charge >= 0.3 is 0 Å². The fraction of sp³-hybridized carbons (Fsp3) is 0.455. The molecule has 0 bridgehead atoms. The maximum Gasteiger partial charge on any atom is 0.179 e. The summed E-state index contributed by atoms with van der Waals surface area (Å²) in [5, 5.41) is 19.1. The van der Waals surface area contributed by atoms with Gasteiger partial charge in [0.2, 0.25) is 0 Å². The van der Waals surface area contributed by atoms with Crippen LogP contribution in [0.2, 0.25) is 5.02 Å². The van der Waals surface area contributed by atoms with Crippen LogP contribution in [0.3, 0.4) is 0 Å². The van der Waals surface area contributed by atoms with E-state index in [0.29, 0.717) is 17.1 Å². The molecule has 0 fully saturated rings. The molecule has 0 aliphatic rings. The summed E-state index contributed by atoms with van der Waals surface area (Å²) in [7, 11) is 2.93. The fourth-order valence-corrected chi connectivity index (χ4v) is 1.97. The predicted octanol–water partition coefficient (Wildman–Crippen LogP) is 2.16. The van der Waals surface area contributed by atoms with E-state index in [1.807, 2.05) is 0 Å².